The number of hydrogen-bond donors (Lipinski definition) is 4. The maximum Gasteiger partial charge on any atom is 0.399 e. The zero-order chi connectivity index (χ0) is 19.8. The van der Waals surface area contributed by atoms with Crippen LogP contribution in [0.5, 0.6) is 0 Å². The number of aromatic amines is 1. The predicted molar refractivity (Wildman–Crippen MR) is 103 cm³/mol. The van der Waals surface area contributed by atoms with Crippen molar-refractivity contribution in [3.05, 3.63) is 70.0 Å². The molecule has 3 N–H and O–H groups in total. The molecule has 0 aliphatic carbocycles. The Morgan fingerprint density at radius 2 is 1.85 bits per heavy atom. The Kier molecular flexibility index (Phi) is 5.56. The molecule has 1 atom stereocenters. The van der Waals surface area contributed by atoms with Crippen molar-refractivity contribution in [3.63, 3.8) is 0 Å². The molecule has 27 heavy (non-hydrogen) atoms. The molecule has 0 amide bonds. The van der Waals surface area contributed by atoms with E-state index in [1.807, 2.05) is 30.3 Å². The lowest BCUT2D eigenvalue weighted by molar-refractivity contribution is 0.0557. The van der Waals surface area contributed by atoms with Gasteiger partial charge in [-0.25, -0.2) is 4.98 Å². The molecule has 2 aromatic carbocycles. The quantitative estimate of drug-likeness (QED) is 0.322. The number of nitrogens with zero attached hydrogens (tertiary/aromatic N) is 2. The second-order valence-corrected chi connectivity index (χ2v) is 8.66. The van der Waals surface area contributed by atoms with Gasteiger partial charge in [0.2, 0.25) is 0 Å². The van der Waals surface area contributed by atoms with E-state index in [1.54, 1.807) is 0 Å². The van der Waals surface area contributed by atoms with Crippen LogP contribution >= 0.6 is 36.2 Å². The molecule has 0 fully saturated rings. The van der Waals surface area contributed by atoms with Gasteiger partial charge in [-0.2, -0.15) is 26.5 Å². The fourth-order valence-corrected chi connectivity index (χ4v) is 3.96. The summed E-state index contributed by atoms with van der Waals surface area (Å²) in [7, 11) is -5.66. The van der Waals surface area contributed by atoms with Gasteiger partial charge in [0.25, 0.3) is 0 Å². The molecule has 0 aliphatic rings. The van der Waals surface area contributed by atoms with Gasteiger partial charge in [0.1, 0.15) is 5.82 Å². The molecular formula is C16H13BrF2N3O3PS. The highest BCUT2D eigenvalue weighted by Crippen LogP contribution is 2.60. The van der Waals surface area contributed by atoms with E-state index in [9.17, 15) is 13.3 Å². The largest absolute Gasteiger partial charge is 0.399 e. The number of H-pyrrole nitrogens is 1. The first kappa shape index (κ1) is 20.2. The summed E-state index contributed by atoms with van der Waals surface area (Å²) >= 11 is 7.41. The van der Waals surface area contributed by atoms with Crippen LogP contribution in [-0.4, -0.2) is 25.0 Å². The summed E-state index contributed by atoms with van der Waals surface area (Å²) in [5.74, 6) is 0.868. The molecular weight excluding hydrogens is 463 g/mol. The average Bonchev–Trinajstić information content (AvgIpc) is 3.10. The monoisotopic (exact) mass is 475 g/mol. The van der Waals surface area contributed by atoms with Gasteiger partial charge < -0.3 is 9.79 Å². The summed E-state index contributed by atoms with van der Waals surface area (Å²) < 4.78 is 38.8. The summed E-state index contributed by atoms with van der Waals surface area (Å²) in [6.07, 6.45) is 0. The summed E-state index contributed by atoms with van der Waals surface area (Å²) in [6, 6.07) is 12.8. The standard InChI is InChI=1S/C16H13BrF2N3O3PS/c17-12-8-10(6-7-11(12)16(18,19)26(23,24)25)13(27)15-20-14(21-22-15)9-4-2-1-3-5-9/h1-8,13,27H,(H,20,21,22)(H2,23,24,25). The first-order chi connectivity index (χ1) is 12.6. The van der Waals surface area contributed by atoms with Crippen LogP contribution in [0.25, 0.3) is 11.4 Å². The Morgan fingerprint density at radius 3 is 2.44 bits per heavy atom. The Bertz CT molecular complexity index is 1010. The minimum atomic E-state index is -5.66. The minimum Gasteiger partial charge on any atom is -0.320 e. The first-order valence-electron chi connectivity index (χ1n) is 7.50. The number of hydrogen-bond acceptors (Lipinski definition) is 4. The molecule has 0 saturated heterocycles. The summed E-state index contributed by atoms with van der Waals surface area (Å²) in [6.45, 7) is 0. The maximum atomic E-state index is 13.9. The zero-order valence-corrected chi connectivity index (χ0v) is 16.8. The van der Waals surface area contributed by atoms with Crippen molar-refractivity contribution >= 4 is 36.2 Å². The number of rotatable bonds is 5. The molecule has 1 unspecified atom stereocenters. The normalized spacial score (nSPS) is 13.6. The van der Waals surface area contributed by atoms with Gasteiger partial charge in [0.15, 0.2) is 5.82 Å². The lowest BCUT2D eigenvalue weighted by Crippen LogP contribution is -2.14. The van der Waals surface area contributed by atoms with Gasteiger partial charge in [-0.1, -0.05) is 58.4 Å². The average molecular weight is 476 g/mol. The van der Waals surface area contributed by atoms with E-state index in [0.29, 0.717) is 17.2 Å². The van der Waals surface area contributed by atoms with Gasteiger partial charge in [0, 0.05) is 15.6 Å². The van der Waals surface area contributed by atoms with Crippen molar-refractivity contribution in [1.82, 2.24) is 15.2 Å². The summed E-state index contributed by atoms with van der Waals surface area (Å²) in [5.41, 5.74) is -3.81. The Balaban J connectivity index is 1.91. The molecule has 3 aromatic rings. The smallest absolute Gasteiger partial charge is 0.320 e. The summed E-state index contributed by atoms with van der Waals surface area (Å²) in [5, 5.41) is 6.28. The molecule has 1 aromatic heterocycles. The first-order valence-corrected chi connectivity index (χ1v) is 10.4. The highest BCUT2D eigenvalue weighted by atomic mass is 79.9. The molecule has 1 heterocycles. The molecule has 0 saturated carbocycles. The lowest BCUT2D eigenvalue weighted by atomic mass is 10.1. The maximum absolute atomic E-state index is 13.9. The van der Waals surface area contributed by atoms with Crippen molar-refractivity contribution in [3.8, 4) is 11.4 Å². The topological polar surface area (TPSA) is 99.1 Å². The fourth-order valence-electron chi connectivity index (χ4n) is 2.37. The molecule has 6 nitrogen and oxygen atoms in total. The van der Waals surface area contributed by atoms with Crippen LogP contribution in [0.2, 0.25) is 0 Å². The Hall–Kier alpha value is -1.58. The predicted octanol–water partition coefficient (Wildman–Crippen LogP) is 4.48. The Morgan fingerprint density at radius 1 is 1.19 bits per heavy atom. The van der Waals surface area contributed by atoms with Crippen LogP contribution in [-0.2, 0) is 10.2 Å². The molecule has 0 radical (unpaired) electrons. The molecule has 0 aliphatic heterocycles. The number of nitrogens with one attached hydrogen (secondary N) is 1. The number of thiol groups is 1. The SMILES string of the molecule is O=P(O)(O)C(F)(F)c1ccc(C(S)c2nc(-c3ccccc3)n[nH]2)cc1Br. The highest BCUT2D eigenvalue weighted by molar-refractivity contribution is 9.10. The number of benzene rings is 2. The Labute approximate surface area is 166 Å². The van der Waals surface area contributed by atoms with Gasteiger partial charge >= 0.3 is 13.3 Å². The number of aromatic nitrogens is 3. The van der Waals surface area contributed by atoms with E-state index >= 15 is 0 Å². The van der Waals surface area contributed by atoms with Crippen LogP contribution in [0.1, 0.15) is 22.2 Å². The van der Waals surface area contributed by atoms with Crippen molar-refractivity contribution in [1.29, 1.82) is 0 Å². The van der Waals surface area contributed by atoms with Crippen molar-refractivity contribution in [2.45, 2.75) is 10.9 Å². The second-order valence-electron chi connectivity index (χ2n) is 5.64. The molecule has 11 heteroatoms. The lowest BCUT2D eigenvalue weighted by Gasteiger charge is -2.20. The van der Waals surface area contributed by atoms with Crippen LogP contribution < -0.4 is 0 Å². The molecule has 142 valence electrons. The van der Waals surface area contributed by atoms with Crippen LogP contribution in [0.15, 0.2) is 53.0 Å². The van der Waals surface area contributed by atoms with Crippen LogP contribution in [0, 0.1) is 0 Å². The second kappa shape index (κ2) is 7.44. The van der Waals surface area contributed by atoms with Gasteiger partial charge in [-0.3, -0.25) is 9.66 Å². The van der Waals surface area contributed by atoms with Gasteiger partial charge in [0.05, 0.1) is 5.25 Å². The van der Waals surface area contributed by atoms with Gasteiger partial charge in [-0.05, 0) is 11.6 Å². The summed E-state index contributed by atoms with van der Waals surface area (Å²) in [4.78, 5) is 22.2. The minimum absolute atomic E-state index is 0.143. The van der Waals surface area contributed by atoms with E-state index in [0.717, 1.165) is 11.6 Å². The van der Waals surface area contributed by atoms with E-state index < -0.39 is 24.1 Å². The number of alkyl halides is 2. The van der Waals surface area contributed by atoms with Crippen LogP contribution in [0.4, 0.5) is 8.78 Å². The number of halogens is 3. The van der Waals surface area contributed by atoms with Crippen LogP contribution in [0.3, 0.4) is 0 Å². The molecule has 0 spiro atoms. The third kappa shape index (κ3) is 4.00. The zero-order valence-electron chi connectivity index (χ0n) is 13.4. The van der Waals surface area contributed by atoms with Gasteiger partial charge in [-0.15, -0.1) is 0 Å². The third-order valence-corrected chi connectivity index (χ3v) is 5.96. The molecule has 0 bridgehead atoms. The van der Waals surface area contributed by atoms with E-state index in [2.05, 4.69) is 43.7 Å². The van der Waals surface area contributed by atoms with E-state index in [4.69, 9.17) is 9.79 Å². The van der Waals surface area contributed by atoms with Crippen molar-refractivity contribution in [2.24, 2.45) is 0 Å². The fraction of sp³-hybridized carbons (Fsp3) is 0.125. The molecule has 3 rings (SSSR count). The highest BCUT2D eigenvalue weighted by Gasteiger charge is 2.51. The van der Waals surface area contributed by atoms with Crippen molar-refractivity contribution in [2.75, 3.05) is 0 Å². The van der Waals surface area contributed by atoms with E-state index in [1.165, 1.54) is 12.1 Å². The van der Waals surface area contributed by atoms with Crippen molar-refractivity contribution < 1.29 is 23.1 Å². The third-order valence-electron chi connectivity index (χ3n) is 3.79. The van der Waals surface area contributed by atoms with E-state index in [-0.39, 0.29) is 4.47 Å².